The van der Waals surface area contributed by atoms with Gasteiger partial charge in [-0.15, -0.1) is 0 Å². The Kier molecular flexibility index (Phi) is 4.96. The molecule has 0 N–H and O–H groups in total. The fourth-order valence-corrected chi connectivity index (χ4v) is 0.687. The van der Waals surface area contributed by atoms with Gasteiger partial charge in [0.2, 0.25) is 0 Å². The van der Waals surface area contributed by atoms with E-state index in [0.717, 1.165) is 0 Å². The van der Waals surface area contributed by atoms with Crippen molar-refractivity contribution in [3.05, 3.63) is 0 Å². The molecule has 0 unspecified atom stereocenters. The Labute approximate surface area is 39.9 Å². The summed E-state index contributed by atoms with van der Waals surface area (Å²) in [6.07, 6.45) is 0. The van der Waals surface area contributed by atoms with Gasteiger partial charge in [0, 0.05) is 0 Å². The van der Waals surface area contributed by atoms with E-state index in [1.165, 1.54) is 10.7 Å². The maximum absolute atomic E-state index is 2.20. The summed E-state index contributed by atoms with van der Waals surface area (Å²) < 4.78 is 0. The second-order valence-electron chi connectivity index (χ2n) is 0.638. The topological polar surface area (TPSA) is 0 Å². The minimum absolute atomic E-state index is 1.31. The van der Waals surface area contributed by atoms with E-state index < -0.39 is 0 Å². The molecule has 5 heavy (non-hydrogen) atoms. The van der Waals surface area contributed by atoms with Crippen LogP contribution in [0.15, 0.2) is 0 Å². The van der Waals surface area contributed by atoms with E-state index in [1.807, 2.05) is 0 Å². The first-order valence-electron chi connectivity index (χ1n) is 1.89. The molecule has 0 aromatic carbocycles. The molecule has 35 valence electrons. The van der Waals surface area contributed by atoms with Gasteiger partial charge in [-0.05, 0) is 0 Å². The molecule has 1 heteroatoms. The van der Waals surface area contributed by atoms with Gasteiger partial charge in [0.05, 0.1) is 0 Å². The summed E-state index contributed by atoms with van der Waals surface area (Å²) in [6.45, 7) is 4.40. The van der Waals surface area contributed by atoms with Gasteiger partial charge in [0.1, 0.15) is 0 Å². The van der Waals surface area contributed by atoms with Crippen molar-refractivity contribution >= 4 is 0 Å². The molecule has 0 nitrogen and oxygen atoms in total. The zero-order chi connectivity index (χ0) is 4.12. The van der Waals surface area contributed by atoms with Crippen LogP contribution in [0.5, 0.6) is 0 Å². The van der Waals surface area contributed by atoms with E-state index in [-0.39, 0.29) is 0 Å². The Balaban J connectivity index is 2.19. The third-order valence-corrected chi connectivity index (χ3v) is 1.37. The van der Waals surface area contributed by atoms with Gasteiger partial charge in [-0.3, -0.25) is 0 Å². The molecule has 0 amide bonds. The van der Waals surface area contributed by atoms with Crippen LogP contribution in [0.2, 0.25) is 10.7 Å². The molecule has 0 saturated heterocycles. The zero-order valence-electron chi connectivity index (χ0n) is 3.75. The van der Waals surface area contributed by atoms with Crippen LogP contribution in [0.25, 0.3) is 0 Å². The molecule has 0 fully saturated rings. The molecule has 0 bridgehead atoms. The van der Waals surface area contributed by atoms with E-state index in [2.05, 4.69) is 13.8 Å². The predicted octanol–water partition coefficient (Wildman–Crippen LogP) is 1.95. The van der Waals surface area contributed by atoms with Gasteiger partial charge in [-0.2, -0.15) is 0 Å². The maximum atomic E-state index is 2.20. The summed E-state index contributed by atoms with van der Waals surface area (Å²) in [7, 11) is 0. The van der Waals surface area contributed by atoms with E-state index in [4.69, 9.17) is 0 Å². The molecule has 0 heterocycles. The summed E-state index contributed by atoms with van der Waals surface area (Å²) >= 11 is 1.60. The molecular formula is C4H10Co. The number of rotatable bonds is 2. The van der Waals surface area contributed by atoms with Crippen molar-refractivity contribution in [1.82, 2.24) is 0 Å². The number of hydrogen-bond donors (Lipinski definition) is 0. The average molecular weight is 117 g/mol. The Morgan fingerprint density at radius 1 is 1.20 bits per heavy atom. The van der Waals surface area contributed by atoms with Crippen molar-refractivity contribution in [2.75, 3.05) is 0 Å². The fourth-order valence-electron chi connectivity index (χ4n) is 0.167. The predicted molar refractivity (Wildman–Crippen MR) is 21.0 cm³/mol. The van der Waals surface area contributed by atoms with Crippen LogP contribution in [0.3, 0.4) is 0 Å². The Bertz CT molecular complexity index is 11.1. The quantitative estimate of drug-likeness (QED) is 0.518. The van der Waals surface area contributed by atoms with Crippen molar-refractivity contribution in [1.29, 1.82) is 0 Å². The van der Waals surface area contributed by atoms with E-state index in [1.54, 1.807) is 14.7 Å². The monoisotopic (exact) mass is 117 g/mol. The van der Waals surface area contributed by atoms with Crippen LogP contribution in [0.1, 0.15) is 13.8 Å². The Morgan fingerprint density at radius 3 is 1.60 bits per heavy atom. The minimum atomic E-state index is 1.31. The third-order valence-electron chi connectivity index (χ3n) is 0.333. The fraction of sp³-hybridized carbons (Fsp3) is 1.00. The van der Waals surface area contributed by atoms with Crippen LogP contribution < -0.4 is 0 Å². The van der Waals surface area contributed by atoms with Crippen molar-refractivity contribution in [3.63, 3.8) is 0 Å². The molecule has 0 aliphatic rings. The first kappa shape index (κ1) is 5.51. The summed E-state index contributed by atoms with van der Waals surface area (Å²) in [5.74, 6) is 0. The Hall–Kier alpha value is 0.506. The van der Waals surface area contributed by atoms with Gasteiger partial charge in [-0.1, -0.05) is 0 Å². The molecule has 0 aliphatic heterocycles. The SMILES string of the molecule is C[CH2][Co][CH2]C. The summed E-state index contributed by atoms with van der Waals surface area (Å²) in [6, 6.07) is 0. The van der Waals surface area contributed by atoms with Gasteiger partial charge in [0.15, 0.2) is 0 Å². The van der Waals surface area contributed by atoms with Crippen LogP contribution in [0, 0.1) is 0 Å². The normalized spacial score (nSPS) is 9.20. The van der Waals surface area contributed by atoms with Crippen molar-refractivity contribution in [2.45, 2.75) is 24.6 Å². The van der Waals surface area contributed by atoms with Crippen LogP contribution in [-0.4, -0.2) is 0 Å². The van der Waals surface area contributed by atoms with Crippen molar-refractivity contribution in [2.24, 2.45) is 0 Å². The van der Waals surface area contributed by atoms with Gasteiger partial charge in [-0.25, -0.2) is 0 Å². The molecule has 0 spiro atoms. The van der Waals surface area contributed by atoms with Crippen molar-refractivity contribution < 1.29 is 14.7 Å². The second kappa shape index (κ2) is 4.51. The van der Waals surface area contributed by atoms with Gasteiger partial charge >= 0.3 is 39.3 Å². The Morgan fingerprint density at radius 2 is 1.60 bits per heavy atom. The first-order chi connectivity index (χ1) is 2.41. The van der Waals surface area contributed by atoms with Gasteiger partial charge < -0.3 is 0 Å². The van der Waals surface area contributed by atoms with Crippen LogP contribution >= 0.6 is 0 Å². The van der Waals surface area contributed by atoms with Gasteiger partial charge in [0.25, 0.3) is 0 Å². The molecule has 0 rings (SSSR count). The molecule has 0 saturated carbocycles. The molecule has 0 atom stereocenters. The number of hydrogen-bond acceptors (Lipinski definition) is 0. The molecule has 0 aliphatic carbocycles. The molecule has 0 aromatic rings. The van der Waals surface area contributed by atoms with E-state index in [9.17, 15) is 0 Å². The third kappa shape index (κ3) is 4.51. The first-order valence-corrected chi connectivity index (χ1v) is 3.36. The second-order valence-corrected chi connectivity index (χ2v) is 2.63. The molecule has 0 aromatic heterocycles. The van der Waals surface area contributed by atoms with Crippen molar-refractivity contribution in [3.8, 4) is 0 Å². The van der Waals surface area contributed by atoms with Crippen LogP contribution in [-0.2, 0) is 14.7 Å². The van der Waals surface area contributed by atoms with E-state index in [0.29, 0.717) is 0 Å². The summed E-state index contributed by atoms with van der Waals surface area (Å²) in [5.41, 5.74) is 0. The average Bonchev–Trinajstić information content (AvgIpc) is 1.41. The standard InChI is InChI=1S/2C2H5.Co/c2*1-2;/h2*1H2,2H3;. The van der Waals surface area contributed by atoms with Crippen LogP contribution in [0.4, 0.5) is 0 Å². The zero-order valence-corrected chi connectivity index (χ0v) is 4.79. The van der Waals surface area contributed by atoms with E-state index >= 15 is 0 Å². The summed E-state index contributed by atoms with van der Waals surface area (Å²) in [5, 5.41) is 2.62. The molecule has 0 radical (unpaired) electrons. The summed E-state index contributed by atoms with van der Waals surface area (Å²) in [4.78, 5) is 0. The molecular weight excluding hydrogens is 107 g/mol.